The van der Waals surface area contributed by atoms with Crippen LogP contribution in [0, 0.1) is 5.92 Å². The van der Waals surface area contributed by atoms with Crippen molar-refractivity contribution in [1.29, 1.82) is 0 Å². The molecule has 0 saturated carbocycles. The Hall–Kier alpha value is -0.960. The Morgan fingerprint density at radius 3 is 2.60 bits per heavy atom. The standard InChI is InChI=1S/C10H14/c1-4-5-6-7-8-9-10(2)3/h4-5,8,10H,1,9H2,2-3H3. The molecular formula is C10H14. The van der Waals surface area contributed by atoms with Crippen LogP contribution in [0.4, 0.5) is 0 Å². The average Bonchev–Trinajstić information content (AvgIpc) is 1.87. The SMILES string of the molecule is C=CC=C=C=CCC(C)C. The van der Waals surface area contributed by atoms with E-state index in [1.54, 1.807) is 12.2 Å². The maximum atomic E-state index is 3.52. The van der Waals surface area contributed by atoms with E-state index in [1.165, 1.54) is 0 Å². The molecule has 0 aliphatic rings. The minimum Gasteiger partial charge on any atom is -0.0984 e. The third kappa shape index (κ3) is 7.04. The Morgan fingerprint density at radius 2 is 2.10 bits per heavy atom. The van der Waals surface area contributed by atoms with Crippen LogP contribution in [0.3, 0.4) is 0 Å². The molecule has 0 aliphatic heterocycles. The maximum Gasteiger partial charge on any atom is -0.0121 e. The fourth-order valence-corrected chi connectivity index (χ4v) is 0.461. The van der Waals surface area contributed by atoms with Crippen LogP contribution in [0.15, 0.2) is 36.3 Å². The van der Waals surface area contributed by atoms with Crippen LogP contribution in [0.25, 0.3) is 0 Å². The van der Waals surface area contributed by atoms with Gasteiger partial charge in [-0.3, -0.25) is 0 Å². The Labute approximate surface area is 63.3 Å². The van der Waals surface area contributed by atoms with Gasteiger partial charge in [-0.1, -0.05) is 38.0 Å². The molecule has 0 saturated heterocycles. The molecule has 0 heterocycles. The van der Waals surface area contributed by atoms with Gasteiger partial charge in [0.1, 0.15) is 0 Å². The molecule has 0 spiro atoms. The lowest BCUT2D eigenvalue weighted by atomic mass is 10.1. The molecule has 54 valence electrons. The molecule has 0 fully saturated rings. The minimum atomic E-state index is 0.707. The van der Waals surface area contributed by atoms with E-state index < -0.39 is 0 Å². The van der Waals surface area contributed by atoms with Crippen LogP contribution >= 0.6 is 0 Å². The molecule has 0 aliphatic carbocycles. The van der Waals surface area contributed by atoms with Gasteiger partial charge in [-0.2, -0.15) is 0 Å². The van der Waals surface area contributed by atoms with Crippen molar-refractivity contribution < 1.29 is 0 Å². The predicted molar refractivity (Wildman–Crippen MR) is 45.8 cm³/mol. The molecule has 0 amide bonds. The van der Waals surface area contributed by atoms with Gasteiger partial charge in [0.25, 0.3) is 0 Å². The fraction of sp³-hybridized carbons (Fsp3) is 0.400. The highest BCUT2D eigenvalue weighted by Gasteiger charge is 1.84. The first-order chi connectivity index (χ1) is 4.77. The highest BCUT2D eigenvalue weighted by atomic mass is 13.9. The molecule has 0 aromatic heterocycles. The zero-order chi connectivity index (χ0) is 7.82. The second kappa shape index (κ2) is 6.16. The summed E-state index contributed by atoms with van der Waals surface area (Å²) in [6.45, 7) is 7.87. The lowest BCUT2D eigenvalue weighted by Gasteiger charge is -1.92. The van der Waals surface area contributed by atoms with E-state index in [1.807, 2.05) is 6.08 Å². The van der Waals surface area contributed by atoms with Crippen LogP contribution < -0.4 is 0 Å². The molecule has 0 unspecified atom stereocenters. The second-order valence-corrected chi connectivity index (χ2v) is 2.52. The van der Waals surface area contributed by atoms with E-state index in [2.05, 4.69) is 31.9 Å². The Balaban J connectivity index is 3.75. The topological polar surface area (TPSA) is 0 Å². The molecular weight excluding hydrogens is 120 g/mol. The highest BCUT2D eigenvalue weighted by Crippen LogP contribution is 1.97. The zero-order valence-electron chi connectivity index (χ0n) is 6.72. The van der Waals surface area contributed by atoms with E-state index in [0.717, 1.165) is 6.42 Å². The smallest absolute Gasteiger partial charge is 0.0121 e. The maximum absolute atomic E-state index is 3.52. The quantitative estimate of drug-likeness (QED) is 0.411. The van der Waals surface area contributed by atoms with Crippen LogP contribution in [0.5, 0.6) is 0 Å². The van der Waals surface area contributed by atoms with Crippen molar-refractivity contribution in [2.75, 3.05) is 0 Å². The van der Waals surface area contributed by atoms with Gasteiger partial charge in [-0.15, -0.1) is 0 Å². The van der Waals surface area contributed by atoms with Crippen molar-refractivity contribution >= 4 is 0 Å². The van der Waals surface area contributed by atoms with Gasteiger partial charge >= 0.3 is 0 Å². The van der Waals surface area contributed by atoms with Crippen molar-refractivity contribution in [3.63, 3.8) is 0 Å². The molecule has 10 heavy (non-hydrogen) atoms. The van der Waals surface area contributed by atoms with Gasteiger partial charge in [0.2, 0.25) is 0 Å². The molecule has 0 heteroatoms. The first kappa shape index (κ1) is 9.04. The van der Waals surface area contributed by atoms with E-state index in [-0.39, 0.29) is 0 Å². The number of hydrogen-bond donors (Lipinski definition) is 0. The summed E-state index contributed by atoms with van der Waals surface area (Å²) >= 11 is 0. The normalized spacial score (nSPS) is 7.90. The molecule has 0 bridgehead atoms. The predicted octanol–water partition coefficient (Wildman–Crippen LogP) is 3.08. The molecule has 0 aromatic rings. The van der Waals surface area contributed by atoms with Gasteiger partial charge in [0, 0.05) is 0 Å². The zero-order valence-corrected chi connectivity index (χ0v) is 6.72. The summed E-state index contributed by atoms with van der Waals surface area (Å²) in [6.07, 6.45) is 6.50. The van der Waals surface area contributed by atoms with Crippen molar-refractivity contribution in [3.05, 3.63) is 36.3 Å². The molecule has 0 radical (unpaired) electrons. The van der Waals surface area contributed by atoms with Crippen molar-refractivity contribution in [3.8, 4) is 0 Å². The lowest BCUT2D eigenvalue weighted by molar-refractivity contribution is 0.664. The molecule has 0 rings (SSSR count). The van der Waals surface area contributed by atoms with Crippen LogP contribution in [-0.4, -0.2) is 0 Å². The minimum absolute atomic E-state index is 0.707. The molecule has 0 atom stereocenters. The Morgan fingerprint density at radius 1 is 1.40 bits per heavy atom. The van der Waals surface area contributed by atoms with Gasteiger partial charge in [0.15, 0.2) is 0 Å². The second-order valence-electron chi connectivity index (χ2n) is 2.52. The fourth-order valence-electron chi connectivity index (χ4n) is 0.461. The monoisotopic (exact) mass is 134 g/mol. The highest BCUT2D eigenvalue weighted by molar-refractivity contribution is 4.97. The van der Waals surface area contributed by atoms with Crippen LogP contribution in [-0.2, 0) is 0 Å². The third-order valence-corrected chi connectivity index (χ3v) is 0.976. The Kier molecular flexibility index (Phi) is 5.57. The summed E-state index contributed by atoms with van der Waals surface area (Å²) in [7, 11) is 0. The van der Waals surface area contributed by atoms with Gasteiger partial charge in [-0.25, -0.2) is 0 Å². The molecule has 0 aromatic carbocycles. The van der Waals surface area contributed by atoms with E-state index >= 15 is 0 Å². The summed E-state index contributed by atoms with van der Waals surface area (Å²) < 4.78 is 0. The first-order valence-electron chi connectivity index (χ1n) is 3.54. The third-order valence-electron chi connectivity index (χ3n) is 0.976. The van der Waals surface area contributed by atoms with Crippen LogP contribution in [0.2, 0.25) is 0 Å². The number of rotatable bonds is 3. The van der Waals surface area contributed by atoms with E-state index in [9.17, 15) is 0 Å². The number of hydrogen-bond acceptors (Lipinski definition) is 0. The van der Waals surface area contributed by atoms with E-state index in [0.29, 0.717) is 5.92 Å². The van der Waals surface area contributed by atoms with Crippen LogP contribution in [0.1, 0.15) is 20.3 Å². The summed E-state index contributed by atoms with van der Waals surface area (Å²) in [5, 5.41) is 0. The van der Waals surface area contributed by atoms with Gasteiger partial charge in [0.05, 0.1) is 0 Å². The molecule has 0 nitrogen and oxygen atoms in total. The van der Waals surface area contributed by atoms with Crippen molar-refractivity contribution in [2.45, 2.75) is 20.3 Å². The van der Waals surface area contributed by atoms with Crippen molar-refractivity contribution in [1.82, 2.24) is 0 Å². The lowest BCUT2D eigenvalue weighted by Crippen LogP contribution is -1.79. The average molecular weight is 134 g/mol. The van der Waals surface area contributed by atoms with E-state index in [4.69, 9.17) is 0 Å². The summed E-state index contributed by atoms with van der Waals surface area (Å²) in [4.78, 5) is 0. The summed E-state index contributed by atoms with van der Waals surface area (Å²) in [6, 6.07) is 0. The van der Waals surface area contributed by atoms with Gasteiger partial charge < -0.3 is 0 Å². The van der Waals surface area contributed by atoms with Crippen molar-refractivity contribution in [2.24, 2.45) is 5.92 Å². The largest absolute Gasteiger partial charge is 0.0984 e. The van der Waals surface area contributed by atoms with Gasteiger partial charge in [-0.05, 0) is 24.5 Å². The summed E-state index contributed by atoms with van der Waals surface area (Å²) in [5.74, 6) is 0.707. The Bertz CT molecular complexity index is 172. The summed E-state index contributed by atoms with van der Waals surface area (Å²) in [5.41, 5.74) is 5.76. The molecule has 0 N–H and O–H groups in total. The number of allylic oxidation sites excluding steroid dienone is 3. The first-order valence-corrected chi connectivity index (χ1v) is 3.54.